The number of thiocarbonyl (C=S) groups is 1. The molecule has 1 fully saturated rings. The molecule has 0 aliphatic carbocycles. The van der Waals surface area contributed by atoms with Crippen LogP contribution in [0.1, 0.15) is 11.1 Å². The third kappa shape index (κ3) is 5.66. The minimum atomic E-state index is -1.14. The number of rotatable bonds is 8. The van der Waals surface area contributed by atoms with Gasteiger partial charge in [-0.05, 0) is 60.2 Å². The fraction of sp³-hybridized carbons (Fsp3) is 0.0714. The van der Waals surface area contributed by atoms with E-state index in [1.807, 2.05) is 60.8 Å². The molecular weight excluding hydrogens is 525 g/mol. The van der Waals surface area contributed by atoms with Gasteiger partial charge in [0.25, 0.3) is 5.91 Å². The van der Waals surface area contributed by atoms with Gasteiger partial charge in [-0.1, -0.05) is 54.3 Å². The van der Waals surface area contributed by atoms with Gasteiger partial charge in [0.2, 0.25) is 0 Å². The number of thioether (sulfide) groups is 1. The lowest BCUT2D eigenvalue weighted by Gasteiger charge is -2.10. The maximum atomic E-state index is 13.1. The molecule has 1 saturated heterocycles. The molecule has 1 aromatic heterocycles. The number of nitrogens with zero attached hydrogens (tertiary/aromatic N) is 3. The lowest BCUT2D eigenvalue weighted by Crippen LogP contribution is -2.33. The summed E-state index contributed by atoms with van der Waals surface area (Å²) in [4.78, 5) is 25.4. The first-order valence-corrected chi connectivity index (χ1v) is 12.7. The van der Waals surface area contributed by atoms with Crippen molar-refractivity contribution in [1.29, 1.82) is 0 Å². The summed E-state index contributed by atoms with van der Waals surface area (Å²) in [5.74, 6) is -1.25. The quantitative estimate of drug-likeness (QED) is 0.230. The van der Waals surface area contributed by atoms with Gasteiger partial charge in [0, 0.05) is 17.3 Å². The molecule has 1 aliphatic rings. The second kappa shape index (κ2) is 11.0. The van der Waals surface area contributed by atoms with Crippen molar-refractivity contribution in [2.45, 2.75) is 6.61 Å². The number of carbonyl (C=O) groups is 2. The Kier molecular flexibility index (Phi) is 7.34. The highest BCUT2D eigenvalue weighted by atomic mass is 32.2. The summed E-state index contributed by atoms with van der Waals surface area (Å²) in [5.41, 5.74) is 3.78. The second-order valence-corrected chi connectivity index (χ2v) is 9.99. The maximum absolute atomic E-state index is 13.1. The molecular formula is C28H20FN3O4S2. The lowest BCUT2D eigenvalue weighted by atomic mass is 10.1. The van der Waals surface area contributed by atoms with Crippen LogP contribution < -0.4 is 4.74 Å². The van der Waals surface area contributed by atoms with Crippen molar-refractivity contribution in [3.8, 4) is 22.7 Å². The van der Waals surface area contributed by atoms with E-state index in [0.717, 1.165) is 33.5 Å². The molecule has 7 nitrogen and oxygen atoms in total. The Morgan fingerprint density at radius 1 is 1.05 bits per heavy atom. The summed E-state index contributed by atoms with van der Waals surface area (Å²) in [5, 5.41) is 13.9. The first kappa shape index (κ1) is 25.4. The molecule has 2 heterocycles. The SMILES string of the molecule is O=C(O)CN1C(=O)C(=Cc2cn(-c3ccccc3)nc2-c2ccc(OCc3ccc(F)cc3)cc2)SC1=S. The third-order valence-corrected chi connectivity index (χ3v) is 7.04. The van der Waals surface area contributed by atoms with Gasteiger partial charge in [-0.3, -0.25) is 14.5 Å². The fourth-order valence-electron chi connectivity index (χ4n) is 3.80. The van der Waals surface area contributed by atoms with Gasteiger partial charge >= 0.3 is 5.97 Å². The zero-order valence-corrected chi connectivity index (χ0v) is 21.4. The predicted molar refractivity (Wildman–Crippen MR) is 147 cm³/mol. The van der Waals surface area contributed by atoms with E-state index in [0.29, 0.717) is 28.5 Å². The van der Waals surface area contributed by atoms with Crippen molar-refractivity contribution in [2.24, 2.45) is 0 Å². The number of aliphatic carboxylic acids is 1. The average Bonchev–Trinajstić information content (AvgIpc) is 3.45. The van der Waals surface area contributed by atoms with Crippen molar-refractivity contribution >= 4 is 46.3 Å². The first-order chi connectivity index (χ1) is 18.4. The molecule has 1 amide bonds. The minimum absolute atomic E-state index is 0.198. The van der Waals surface area contributed by atoms with Gasteiger partial charge < -0.3 is 9.84 Å². The first-order valence-electron chi connectivity index (χ1n) is 11.5. The van der Waals surface area contributed by atoms with Crippen LogP contribution >= 0.6 is 24.0 Å². The van der Waals surface area contributed by atoms with Gasteiger partial charge in [-0.2, -0.15) is 5.10 Å². The highest BCUT2D eigenvalue weighted by Gasteiger charge is 2.33. The van der Waals surface area contributed by atoms with Crippen molar-refractivity contribution in [2.75, 3.05) is 6.54 Å². The molecule has 0 radical (unpaired) electrons. The van der Waals surface area contributed by atoms with Crippen molar-refractivity contribution in [3.63, 3.8) is 0 Å². The molecule has 1 N–H and O–H groups in total. The van der Waals surface area contributed by atoms with E-state index in [1.165, 1.54) is 12.1 Å². The predicted octanol–water partition coefficient (Wildman–Crippen LogP) is 5.54. The Hall–Kier alpha value is -4.28. The number of hydrogen-bond acceptors (Lipinski definition) is 6. The number of carbonyl (C=O) groups excluding carboxylic acids is 1. The summed E-state index contributed by atoms with van der Waals surface area (Å²) in [7, 11) is 0. The molecule has 4 aromatic rings. The van der Waals surface area contributed by atoms with E-state index in [9.17, 15) is 14.0 Å². The van der Waals surface area contributed by atoms with E-state index >= 15 is 0 Å². The van der Waals surface area contributed by atoms with Crippen molar-refractivity contribution < 1.29 is 23.8 Å². The molecule has 1 aliphatic heterocycles. The van der Waals surface area contributed by atoms with Crippen LogP contribution in [0, 0.1) is 5.82 Å². The Balaban J connectivity index is 1.44. The van der Waals surface area contributed by atoms with Gasteiger partial charge in [-0.25, -0.2) is 9.07 Å². The number of halogens is 1. The molecule has 190 valence electrons. The van der Waals surface area contributed by atoms with E-state index in [4.69, 9.17) is 27.2 Å². The number of amides is 1. The molecule has 3 aromatic carbocycles. The number of benzene rings is 3. The number of ether oxygens (including phenoxy) is 1. The van der Waals surface area contributed by atoms with E-state index < -0.39 is 18.4 Å². The zero-order valence-electron chi connectivity index (χ0n) is 19.8. The Morgan fingerprint density at radius 3 is 2.45 bits per heavy atom. The van der Waals surface area contributed by atoms with E-state index in [-0.39, 0.29) is 10.1 Å². The Labute approximate surface area is 227 Å². The summed E-state index contributed by atoms with van der Waals surface area (Å²) in [6.45, 7) is -0.191. The Morgan fingerprint density at radius 2 is 1.76 bits per heavy atom. The highest BCUT2D eigenvalue weighted by molar-refractivity contribution is 8.26. The molecule has 38 heavy (non-hydrogen) atoms. The number of carboxylic acid groups (broad SMARTS) is 1. The van der Waals surface area contributed by atoms with Crippen LogP contribution in [-0.4, -0.2) is 42.5 Å². The summed E-state index contributed by atoms with van der Waals surface area (Å²) >= 11 is 6.29. The van der Waals surface area contributed by atoms with Crippen LogP contribution in [0.25, 0.3) is 23.0 Å². The second-order valence-electron chi connectivity index (χ2n) is 8.31. The van der Waals surface area contributed by atoms with Crippen LogP contribution in [0.15, 0.2) is 90.0 Å². The smallest absolute Gasteiger partial charge is 0.323 e. The number of aromatic nitrogens is 2. The average molecular weight is 546 g/mol. The zero-order chi connectivity index (χ0) is 26.6. The number of carboxylic acids is 1. The summed E-state index contributed by atoms with van der Waals surface area (Å²) < 4.78 is 20.9. The van der Waals surface area contributed by atoms with E-state index in [1.54, 1.807) is 22.9 Å². The molecule has 0 bridgehead atoms. The fourth-order valence-corrected chi connectivity index (χ4v) is 5.05. The molecule has 0 atom stereocenters. The van der Waals surface area contributed by atoms with Crippen molar-refractivity contribution in [3.05, 3.63) is 107 Å². The summed E-state index contributed by atoms with van der Waals surface area (Å²) in [6.07, 6.45) is 3.50. The maximum Gasteiger partial charge on any atom is 0.323 e. The molecule has 0 unspecified atom stereocenters. The summed E-state index contributed by atoms with van der Waals surface area (Å²) in [6, 6.07) is 23.0. The standard InChI is InChI=1S/C28H20FN3O4S2/c29-21-10-6-18(7-11-21)17-36-23-12-8-19(9-13-23)26-20(15-32(30-26)22-4-2-1-3-5-22)14-24-27(35)31(16-25(33)34)28(37)38-24/h1-15H,16-17H2,(H,33,34). The van der Waals surface area contributed by atoms with Crippen LogP contribution in [0.2, 0.25) is 0 Å². The minimum Gasteiger partial charge on any atom is -0.489 e. The number of hydrogen-bond donors (Lipinski definition) is 1. The van der Waals surface area contributed by atoms with Gasteiger partial charge in [-0.15, -0.1) is 0 Å². The van der Waals surface area contributed by atoms with Crippen LogP contribution in [-0.2, 0) is 16.2 Å². The van der Waals surface area contributed by atoms with Crippen LogP contribution in [0.5, 0.6) is 5.75 Å². The van der Waals surface area contributed by atoms with Gasteiger partial charge in [0.1, 0.15) is 29.0 Å². The molecule has 5 rings (SSSR count). The third-order valence-electron chi connectivity index (χ3n) is 5.66. The normalized spacial score (nSPS) is 14.3. The van der Waals surface area contributed by atoms with Gasteiger partial charge in [0.15, 0.2) is 0 Å². The largest absolute Gasteiger partial charge is 0.489 e. The van der Waals surface area contributed by atoms with Crippen LogP contribution in [0.4, 0.5) is 4.39 Å². The molecule has 10 heteroatoms. The monoisotopic (exact) mass is 545 g/mol. The van der Waals surface area contributed by atoms with E-state index in [2.05, 4.69) is 0 Å². The molecule has 0 saturated carbocycles. The number of para-hydroxylation sites is 1. The Bertz CT molecular complexity index is 1530. The molecule has 0 spiro atoms. The lowest BCUT2D eigenvalue weighted by molar-refractivity contribution is -0.140. The van der Waals surface area contributed by atoms with Gasteiger partial charge in [0.05, 0.1) is 16.3 Å². The highest BCUT2D eigenvalue weighted by Crippen LogP contribution is 2.35. The topological polar surface area (TPSA) is 84.7 Å². The van der Waals surface area contributed by atoms with Crippen LogP contribution in [0.3, 0.4) is 0 Å². The van der Waals surface area contributed by atoms with Crippen molar-refractivity contribution in [1.82, 2.24) is 14.7 Å².